The van der Waals surface area contributed by atoms with Crippen LogP contribution in [0.5, 0.6) is 0 Å². The predicted molar refractivity (Wildman–Crippen MR) is 89.6 cm³/mol. The number of fused-ring (bicyclic) bond motifs is 2. The zero-order valence-corrected chi connectivity index (χ0v) is 13.5. The quantitative estimate of drug-likeness (QED) is 0.597. The van der Waals surface area contributed by atoms with Gasteiger partial charge in [0.15, 0.2) is 0 Å². The molecule has 0 aromatic heterocycles. The van der Waals surface area contributed by atoms with E-state index in [0.29, 0.717) is 26.2 Å². The number of carbonyl (C=O) groups is 1. The average molecular weight is 325 g/mol. The Balaban J connectivity index is 0.000000143. The summed E-state index contributed by atoms with van der Waals surface area (Å²) in [5.41, 5.74) is 5.40. The second-order valence-electron chi connectivity index (χ2n) is 5.48. The number of hydrogen-bond donors (Lipinski definition) is 0. The van der Waals surface area contributed by atoms with E-state index in [1.165, 1.54) is 5.56 Å². The Hall–Kier alpha value is -2.66. The van der Waals surface area contributed by atoms with E-state index in [4.69, 9.17) is 14.3 Å². The van der Waals surface area contributed by atoms with Gasteiger partial charge in [-0.3, -0.25) is 4.79 Å². The van der Waals surface area contributed by atoms with E-state index < -0.39 is 0 Å². The first kappa shape index (κ1) is 16.2. The van der Waals surface area contributed by atoms with E-state index in [2.05, 4.69) is 5.16 Å². The van der Waals surface area contributed by atoms with Crippen molar-refractivity contribution in [3.63, 3.8) is 0 Å². The van der Waals surface area contributed by atoms with E-state index >= 15 is 0 Å². The predicted octanol–water partition coefficient (Wildman–Crippen LogP) is 2.85. The van der Waals surface area contributed by atoms with E-state index in [0.717, 1.165) is 22.4 Å². The Kier molecular flexibility index (Phi) is 5.23. The van der Waals surface area contributed by atoms with Gasteiger partial charge in [0.25, 0.3) is 0 Å². The summed E-state index contributed by atoms with van der Waals surface area (Å²) in [6, 6.07) is 15.9. The fourth-order valence-corrected chi connectivity index (χ4v) is 2.68. The second kappa shape index (κ2) is 7.75. The number of esters is 1. The van der Waals surface area contributed by atoms with Gasteiger partial charge in [0.05, 0.1) is 19.6 Å². The lowest BCUT2D eigenvalue weighted by molar-refractivity contribution is -0.145. The summed E-state index contributed by atoms with van der Waals surface area (Å²) in [7, 11) is 1.55. The Labute approximate surface area is 140 Å². The van der Waals surface area contributed by atoms with Crippen LogP contribution in [0.4, 0.5) is 0 Å². The SMILES string of the molecule is CON=C1COCc2ccccc21.O=C1Cc2ccccc2CO1. The van der Waals surface area contributed by atoms with Gasteiger partial charge in [0, 0.05) is 5.56 Å². The molecule has 0 fully saturated rings. The third-order valence-corrected chi connectivity index (χ3v) is 3.87. The molecule has 5 heteroatoms. The van der Waals surface area contributed by atoms with Crippen LogP contribution >= 0.6 is 0 Å². The van der Waals surface area contributed by atoms with Crippen molar-refractivity contribution in [2.24, 2.45) is 5.16 Å². The molecule has 2 aliphatic rings. The second-order valence-corrected chi connectivity index (χ2v) is 5.48. The van der Waals surface area contributed by atoms with Crippen LogP contribution in [0.15, 0.2) is 53.7 Å². The largest absolute Gasteiger partial charge is 0.461 e. The van der Waals surface area contributed by atoms with Gasteiger partial charge in [0.1, 0.15) is 19.4 Å². The van der Waals surface area contributed by atoms with Crippen molar-refractivity contribution in [1.82, 2.24) is 0 Å². The van der Waals surface area contributed by atoms with Crippen molar-refractivity contribution in [2.45, 2.75) is 19.6 Å². The molecule has 2 aromatic carbocycles. The smallest absolute Gasteiger partial charge is 0.310 e. The Morgan fingerprint density at radius 1 is 0.917 bits per heavy atom. The summed E-state index contributed by atoms with van der Waals surface area (Å²) < 4.78 is 10.2. The van der Waals surface area contributed by atoms with Gasteiger partial charge >= 0.3 is 5.97 Å². The van der Waals surface area contributed by atoms with Crippen LogP contribution in [0.2, 0.25) is 0 Å². The van der Waals surface area contributed by atoms with Gasteiger partial charge in [-0.1, -0.05) is 53.7 Å². The van der Waals surface area contributed by atoms with Crippen LogP contribution in [-0.2, 0) is 38.7 Å². The first-order valence-electron chi connectivity index (χ1n) is 7.76. The molecular weight excluding hydrogens is 306 g/mol. The summed E-state index contributed by atoms with van der Waals surface area (Å²) in [5.74, 6) is -0.122. The topological polar surface area (TPSA) is 57.1 Å². The van der Waals surface area contributed by atoms with E-state index in [1.807, 2.05) is 48.5 Å². The maximum atomic E-state index is 10.8. The molecule has 0 N–H and O–H groups in total. The van der Waals surface area contributed by atoms with Gasteiger partial charge in [-0.15, -0.1) is 0 Å². The number of hydrogen-bond acceptors (Lipinski definition) is 5. The molecule has 2 aromatic rings. The minimum absolute atomic E-state index is 0.122. The molecule has 0 saturated heterocycles. The number of oxime groups is 1. The molecule has 0 aliphatic carbocycles. The minimum Gasteiger partial charge on any atom is -0.461 e. The van der Waals surface area contributed by atoms with Crippen LogP contribution in [0, 0.1) is 0 Å². The molecule has 0 atom stereocenters. The van der Waals surface area contributed by atoms with Crippen LogP contribution < -0.4 is 0 Å². The Bertz CT molecular complexity index is 755. The molecule has 2 aliphatic heterocycles. The number of rotatable bonds is 1. The molecule has 0 amide bonds. The normalized spacial score (nSPS) is 17.0. The molecule has 2 heterocycles. The van der Waals surface area contributed by atoms with Crippen molar-refractivity contribution in [3.8, 4) is 0 Å². The molecule has 0 spiro atoms. The molecule has 0 unspecified atom stereocenters. The van der Waals surface area contributed by atoms with Crippen molar-refractivity contribution < 1.29 is 19.1 Å². The van der Waals surface area contributed by atoms with Gasteiger partial charge in [-0.2, -0.15) is 0 Å². The third-order valence-electron chi connectivity index (χ3n) is 3.87. The molecule has 0 saturated carbocycles. The number of ether oxygens (including phenoxy) is 2. The number of benzene rings is 2. The first-order valence-corrected chi connectivity index (χ1v) is 7.76. The number of nitrogens with zero attached hydrogens (tertiary/aromatic N) is 1. The highest BCUT2D eigenvalue weighted by molar-refractivity contribution is 6.03. The third kappa shape index (κ3) is 3.81. The molecule has 0 radical (unpaired) electrons. The average Bonchev–Trinajstić information content (AvgIpc) is 2.63. The van der Waals surface area contributed by atoms with E-state index in [9.17, 15) is 4.79 Å². The zero-order chi connectivity index (χ0) is 16.8. The standard InChI is InChI=1S/C10H11NO2.C9H8O2/c1-12-11-10-7-13-6-8-4-2-3-5-9(8)10;10-9-5-7-3-1-2-4-8(7)6-11-9/h2-5H,6-7H2,1H3;1-4H,5-6H2. The van der Waals surface area contributed by atoms with E-state index in [1.54, 1.807) is 7.11 Å². The lowest BCUT2D eigenvalue weighted by atomic mass is 10.0. The summed E-state index contributed by atoms with van der Waals surface area (Å²) in [6.45, 7) is 1.64. The van der Waals surface area contributed by atoms with Crippen molar-refractivity contribution in [2.75, 3.05) is 13.7 Å². The highest BCUT2D eigenvalue weighted by atomic mass is 16.6. The fourth-order valence-electron chi connectivity index (χ4n) is 2.68. The monoisotopic (exact) mass is 325 g/mol. The maximum absolute atomic E-state index is 10.8. The van der Waals surface area contributed by atoms with Crippen molar-refractivity contribution >= 4 is 11.7 Å². The summed E-state index contributed by atoms with van der Waals surface area (Å²) >= 11 is 0. The maximum Gasteiger partial charge on any atom is 0.310 e. The number of carbonyl (C=O) groups excluding carboxylic acids is 1. The van der Waals surface area contributed by atoms with Crippen LogP contribution in [-0.4, -0.2) is 25.4 Å². The molecule has 5 nitrogen and oxygen atoms in total. The highest BCUT2D eigenvalue weighted by Gasteiger charge is 2.15. The fraction of sp³-hybridized carbons (Fsp3) is 0.263. The van der Waals surface area contributed by atoms with Crippen molar-refractivity contribution in [3.05, 3.63) is 70.8 Å². The highest BCUT2D eigenvalue weighted by Crippen LogP contribution is 2.17. The van der Waals surface area contributed by atoms with E-state index in [-0.39, 0.29) is 5.97 Å². The summed E-state index contributed by atoms with van der Waals surface area (Å²) in [6.07, 6.45) is 0.427. The van der Waals surface area contributed by atoms with Gasteiger partial charge < -0.3 is 14.3 Å². The van der Waals surface area contributed by atoms with Crippen LogP contribution in [0.3, 0.4) is 0 Å². The Morgan fingerprint density at radius 2 is 1.62 bits per heavy atom. The van der Waals surface area contributed by atoms with Crippen molar-refractivity contribution in [1.29, 1.82) is 0 Å². The molecule has 24 heavy (non-hydrogen) atoms. The number of cyclic esters (lactones) is 1. The molecular formula is C19H19NO4. The minimum atomic E-state index is -0.122. The summed E-state index contributed by atoms with van der Waals surface area (Å²) in [5, 5.41) is 3.92. The van der Waals surface area contributed by atoms with Gasteiger partial charge in [0.2, 0.25) is 0 Å². The van der Waals surface area contributed by atoms with Crippen LogP contribution in [0.25, 0.3) is 0 Å². The first-order chi connectivity index (χ1) is 11.8. The molecule has 0 bridgehead atoms. The molecule has 124 valence electrons. The lowest BCUT2D eigenvalue weighted by Gasteiger charge is -2.17. The van der Waals surface area contributed by atoms with Gasteiger partial charge in [-0.05, 0) is 16.7 Å². The Morgan fingerprint density at radius 3 is 2.42 bits per heavy atom. The molecule has 4 rings (SSSR count). The summed E-state index contributed by atoms with van der Waals surface area (Å²) in [4.78, 5) is 15.5. The zero-order valence-electron chi connectivity index (χ0n) is 13.5. The lowest BCUT2D eigenvalue weighted by Crippen LogP contribution is -2.19. The van der Waals surface area contributed by atoms with Crippen LogP contribution in [0.1, 0.15) is 22.3 Å². The van der Waals surface area contributed by atoms with Gasteiger partial charge in [-0.25, -0.2) is 0 Å².